The average molecular weight is 186 g/mol. The first-order chi connectivity index (χ1) is 6.19. The summed E-state index contributed by atoms with van der Waals surface area (Å²) in [5.74, 6) is 0.334. The lowest BCUT2D eigenvalue weighted by Crippen LogP contribution is -2.46. The molecule has 0 aliphatic carbocycles. The summed E-state index contributed by atoms with van der Waals surface area (Å²) in [7, 11) is 3.39. The number of carbonyl (C=O) groups excluding carboxylic acids is 1. The van der Waals surface area contributed by atoms with Gasteiger partial charge in [0, 0.05) is 0 Å². The summed E-state index contributed by atoms with van der Waals surface area (Å²) >= 11 is 0. The summed E-state index contributed by atoms with van der Waals surface area (Å²) in [6.07, 6.45) is 1.92. The maximum absolute atomic E-state index is 11.3. The number of carbonyl (C=O) groups is 1. The highest BCUT2D eigenvalue weighted by atomic mass is 16.5. The minimum Gasteiger partial charge on any atom is -0.468 e. The van der Waals surface area contributed by atoms with Gasteiger partial charge >= 0.3 is 5.97 Å². The molecule has 2 atom stereocenters. The van der Waals surface area contributed by atoms with E-state index in [0.717, 1.165) is 19.4 Å². The zero-order valence-corrected chi connectivity index (χ0v) is 8.32. The molecular weight excluding hydrogens is 168 g/mol. The zero-order chi connectivity index (χ0) is 9.84. The van der Waals surface area contributed by atoms with E-state index in [9.17, 15) is 4.79 Å². The van der Waals surface area contributed by atoms with E-state index in [2.05, 4.69) is 0 Å². The summed E-state index contributed by atoms with van der Waals surface area (Å²) in [5.41, 5.74) is 5.58. The lowest BCUT2D eigenvalue weighted by Gasteiger charge is -2.34. The third-order valence-electron chi connectivity index (χ3n) is 2.79. The van der Waals surface area contributed by atoms with Crippen molar-refractivity contribution >= 4 is 5.97 Å². The fourth-order valence-electron chi connectivity index (χ4n) is 1.78. The van der Waals surface area contributed by atoms with E-state index in [-0.39, 0.29) is 12.0 Å². The van der Waals surface area contributed by atoms with Crippen molar-refractivity contribution in [3.05, 3.63) is 0 Å². The second-order valence-electron chi connectivity index (χ2n) is 3.65. The molecule has 2 unspecified atom stereocenters. The van der Waals surface area contributed by atoms with Gasteiger partial charge in [0.05, 0.1) is 7.11 Å². The summed E-state index contributed by atoms with van der Waals surface area (Å²) < 4.78 is 4.73. The molecule has 0 aromatic heterocycles. The molecule has 0 aromatic carbocycles. The van der Waals surface area contributed by atoms with Crippen LogP contribution in [-0.2, 0) is 9.53 Å². The van der Waals surface area contributed by atoms with E-state index < -0.39 is 0 Å². The Morgan fingerprint density at radius 2 is 2.38 bits per heavy atom. The molecule has 0 saturated carbocycles. The van der Waals surface area contributed by atoms with Crippen LogP contribution in [0.4, 0.5) is 0 Å². The van der Waals surface area contributed by atoms with Crippen LogP contribution in [0.5, 0.6) is 0 Å². The van der Waals surface area contributed by atoms with Crippen molar-refractivity contribution in [2.45, 2.75) is 18.9 Å². The van der Waals surface area contributed by atoms with E-state index >= 15 is 0 Å². The van der Waals surface area contributed by atoms with Crippen LogP contribution in [-0.4, -0.2) is 44.2 Å². The van der Waals surface area contributed by atoms with Crippen molar-refractivity contribution in [2.24, 2.45) is 11.7 Å². The van der Waals surface area contributed by atoms with Gasteiger partial charge in [0.1, 0.15) is 6.04 Å². The van der Waals surface area contributed by atoms with Gasteiger partial charge in [-0.2, -0.15) is 0 Å². The molecule has 0 radical (unpaired) electrons. The molecule has 76 valence electrons. The fourth-order valence-corrected chi connectivity index (χ4v) is 1.78. The quantitative estimate of drug-likeness (QED) is 0.608. The van der Waals surface area contributed by atoms with Crippen molar-refractivity contribution in [1.82, 2.24) is 4.90 Å². The second kappa shape index (κ2) is 4.58. The van der Waals surface area contributed by atoms with Crippen LogP contribution in [0, 0.1) is 5.92 Å². The lowest BCUT2D eigenvalue weighted by molar-refractivity contribution is -0.148. The summed E-state index contributed by atoms with van der Waals surface area (Å²) in [6, 6.07) is -0.0905. The number of likely N-dealkylation sites (tertiary alicyclic amines) is 1. The third-order valence-corrected chi connectivity index (χ3v) is 2.79. The zero-order valence-electron chi connectivity index (χ0n) is 8.32. The van der Waals surface area contributed by atoms with Crippen LogP contribution >= 0.6 is 0 Å². The molecule has 4 heteroatoms. The van der Waals surface area contributed by atoms with Crippen molar-refractivity contribution in [3.63, 3.8) is 0 Å². The first-order valence-corrected chi connectivity index (χ1v) is 4.67. The molecule has 2 N–H and O–H groups in total. The highest BCUT2D eigenvalue weighted by Gasteiger charge is 2.31. The first kappa shape index (κ1) is 10.5. The lowest BCUT2D eigenvalue weighted by atomic mass is 9.91. The van der Waals surface area contributed by atoms with Crippen LogP contribution in [0.3, 0.4) is 0 Å². The number of likely N-dealkylation sites (N-methyl/N-ethyl adjacent to an activating group) is 1. The minimum atomic E-state index is -0.138. The Labute approximate surface area is 79.0 Å². The molecule has 0 bridgehead atoms. The van der Waals surface area contributed by atoms with Crippen LogP contribution in [0.1, 0.15) is 12.8 Å². The molecule has 1 heterocycles. The van der Waals surface area contributed by atoms with E-state index in [0.29, 0.717) is 12.5 Å². The summed E-state index contributed by atoms with van der Waals surface area (Å²) in [5, 5.41) is 0. The molecule has 0 amide bonds. The Balaban J connectivity index is 2.54. The predicted molar refractivity (Wildman–Crippen MR) is 50.2 cm³/mol. The summed E-state index contributed by atoms with van der Waals surface area (Å²) in [4.78, 5) is 13.4. The number of rotatable bonds is 2. The van der Waals surface area contributed by atoms with Gasteiger partial charge in [-0.25, -0.2) is 0 Å². The van der Waals surface area contributed by atoms with Crippen LogP contribution in [0.15, 0.2) is 0 Å². The number of methoxy groups -OCH3 is 1. The van der Waals surface area contributed by atoms with Gasteiger partial charge in [0.15, 0.2) is 0 Å². The molecular formula is C9H18N2O2. The van der Waals surface area contributed by atoms with Gasteiger partial charge in [-0.1, -0.05) is 0 Å². The largest absolute Gasteiger partial charge is 0.468 e. The monoisotopic (exact) mass is 186 g/mol. The van der Waals surface area contributed by atoms with Gasteiger partial charge in [-0.05, 0) is 38.9 Å². The normalized spacial score (nSPS) is 30.1. The number of nitrogens with two attached hydrogens (primary N) is 1. The second-order valence-corrected chi connectivity index (χ2v) is 3.65. The molecule has 1 aliphatic heterocycles. The van der Waals surface area contributed by atoms with Crippen molar-refractivity contribution in [3.8, 4) is 0 Å². The first-order valence-electron chi connectivity index (χ1n) is 4.67. The van der Waals surface area contributed by atoms with Gasteiger partial charge in [-0.15, -0.1) is 0 Å². The molecule has 4 nitrogen and oxygen atoms in total. The van der Waals surface area contributed by atoms with Gasteiger partial charge in [-0.3, -0.25) is 9.69 Å². The molecule has 1 saturated heterocycles. The Kier molecular flexibility index (Phi) is 3.69. The number of hydrogen-bond acceptors (Lipinski definition) is 4. The number of ether oxygens (including phenoxy) is 1. The van der Waals surface area contributed by atoms with E-state index in [1.165, 1.54) is 7.11 Å². The Bertz CT molecular complexity index is 184. The van der Waals surface area contributed by atoms with Gasteiger partial charge < -0.3 is 10.5 Å². The van der Waals surface area contributed by atoms with Crippen molar-refractivity contribution in [2.75, 3.05) is 27.2 Å². The van der Waals surface area contributed by atoms with Crippen LogP contribution < -0.4 is 5.73 Å². The fraction of sp³-hybridized carbons (Fsp3) is 0.889. The van der Waals surface area contributed by atoms with Crippen LogP contribution in [0.25, 0.3) is 0 Å². The summed E-state index contributed by atoms with van der Waals surface area (Å²) in [6.45, 7) is 1.60. The molecule has 1 fully saturated rings. The van der Waals surface area contributed by atoms with Crippen LogP contribution in [0.2, 0.25) is 0 Å². The number of hydrogen-bond donors (Lipinski definition) is 1. The third kappa shape index (κ3) is 2.42. The molecule has 13 heavy (non-hydrogen) atoms. The molecule has 1 aliphatic rings. The highest BCUT2D eigenvalue weighted by molar-refractivity contribution is 5.75. The van der Waals surface area contributed by atoms with Gasteiger partial charge in [0.25, 0.3) is 0 Å². The van der Waals surface area contributed by atoms with E-state index in [1.807, 2.05) is 11.9 Å². The predicted octanol–water partition coefficient (Wildman–Crippen LogP) is -0.171. The Morgan fingerprint density at radius 1 is 1.69 bits per heavy atom. The average Bonchev–Trinajstić information content (AvgIpc) is 2.17. The maximum Gasteiger partial charge on any atom is 0.323 e. The number of piperidine rings is 1. The molecule has 0 spiro atoms. The minimum absolute atomic E-state index is 0.0905. The number of esters is 1. The topological polar surface area (TPSA) is 55.6 Å². The Hall–Kier alpha value is -0.610. The molecule has 0 aromatic rings. The smallest absolute Gasteiger partial charge is 0.323 e. The van der Waals surface area contributed by atoms with E-state index in [4.69, 9.17) is 10.5 Å². The highest BCUT2D eigenvalue weighted by Crippen LogP contribution is 2.21. The van der Waals surface area contributed by atoms with Gasteiger partial charge in [0.2, 0.25) is 0 Å². The maximum atomic E-state index is 11.3. The van der Waals surface area contributed by atoms with Crippen molar-refractivity contribution < 1.29 is 9.53 Å². The standard InChI is InChI=1S/C9H18N2O2/c1-11-4-3-7(6-10)5-8(11)9(12)13-2/h7-8H,3-6,10H2,1-2H3. The Morgan fingerprint density at radius 3 is 2.92 bits per heavy atom. The number of nitrogens with zero attached hydrogens (tertiary/aromatic N) is 1. The SMILES string of the molecule is COC(=O)C1CC(CN)CCN1C. The molecule has 1 rings (SSSR count). The van der Waals surface area contributed by atoms with Crippen molar-refractivity contribution in [1.29, 1.82) is 0 Å². The van der Waals surface area contributed by atoms with E-state index in [1.54, 1.807) is 0 Å².